The largest absolute Gasteiger partial charge is 0.496 e. The van der Waals surface area contributed by atoms with Crippen molar-refractivity contribution in [3.05, 3.63) is 58.1 Å². The van der Waals surface area contributed by atoms with Gasteiger partial charge in [-0.25, -0.2) is 4.79 Å². The summed E-state index contributed by atoms with van der Waals surface area (Å²) in [4.78, 5) is 13.8. The molecule has 0 unspecified atom stereocenters. The van der Waals surface area contributed by atoms with E-state index in [0.717, 1.165) is 27.8 Å². The number of ether oxygens (including phenoxy) is 6. The number of methoxy groups -OCH3 is 4. The molecule has 0 aromatic heterocycles. The van der Waals surface area contributed by atoms with E-state index in [-0.39, 0.29) is 11.5 Å². The second-order valence-corrected chi connectivity index (χ2v) is 19.0. The first-order valence-electron chi connectivity index (χ1n) is 15.0. The molecule has 1 saturated heterocycles. The van der Waals surface area contributed by atoms with Crippen LogP contribution in [0.2, 0.25) is 18.1 Å². The highest BCUT2D eigenvalue weighted by atomic mass is 28.4. The van der Waals surface area contributed by atoms with E-state index in [1.54, 1.807) is 28.4 Å². The van der Waals surface area contributed by atoms with Gasteiger partial charge in [-0.3, -0.25) is 0 Å². The molecule has 4 rings (SSSR count). The maximum absolute atomic E-state index is 13.8. The first-order valence-corrected chi connectivity index (χ1v) is 17.9. The monoisotopic (exact) mass is 614 g/mol. The van der Waals surface area contributed by atoms with Gasteiger partial charge in [0.1, 0.15) is 11.5 Å². The molecule has 0 bridgehead atoms. The second-order valence-electron chi connectivity index (χ2n) is 14.2. The van der Waals surface area contributed by atoms with Gasteiger partial charge in [0.15, 0.2) is 13.9 Å². The van der Waals surface area contributed by atoms with Crippen LogP contribution >= 0.6 is 0 Å². The van der Waals surface area contributed by atoms with Crippen LogP contribution in [0.25, 0.3) is 0 Å². The minimum atomic E-state index is -2.08. The van der Waals surface area contributed by atoms with Gasteiger partial charge in [-0.2, -0.15) is 0 Å². The molecular weight excluding hydrogens is 564 g/mol. The summed E-state index contributed by atoms with van der Waals surface area (Å²) in [6, 6.07) is 9.99. The van der Waals surface area contributed by atoms with E-state index in [9.17, 15) is 4.79 Å². The fraction of sp³-hybridized carbons (Fsp3) is 0.618. The Bertz CT molecular complexity index is 1340. The van der Waals surface area contributed by atoms with E-state index in [4.69, 9.17) is 32.8 Å². The SMILES string of the molecule is COc1cc(C[C@@]2(CCO[Si](C)(C)C(C)(C)C)O[C@H](C(C)(C)C)OC2=O)c(OC)c2c1Cc1ccccc1C2(OC)OC. The Morgan fingerprint density at radius 2 is 1.63 bits per heavy atom. The van der Waals surface area contributed by atoms with Crippen molar-refractivity contribution in [2.24, 2.45) is 5.41 Å². The van der Waals surface area contributed by atoms with Crippen LogP contribution in [0.15, 0.2) is 30.3 Å². The highest BCUT2D eigenvalue weighted by Crippen LogP contribution is 2.52. The molecule has 2 aliphatic rings. The van der Waals surface area contributed by atoms with Gasteiger partial charge < -0.3 is 32.8 Å². The molecule has 0 saturated carbocycles. The van der Waals surface area contributed by atoms with Gasteiger partial charge in [-0.15, -0.1) is 0 Å². The molecule has 1 aliphatic heterocycles. The molecule has 2 aromatic rings. The maximum atomic E-state index is 13.8. The lowest BCUT2D eigenvalue weighted by Crippen LogP contribution is -2.45. The van der Waals surface area contributed by atoms with Gasteiger partial charge in [-0.05, 0) is 29.8 Å². The lowest BCUT2D eigenvalue weighted by atomic mass is 9.78. The molecule has 9 heteroatoms. The molecule has 0 N–H and O–H groups in total. The molecule has 238 valence electrons. The summed E-state index contributed by atoms with van der Waals surface area (Å²) in [6.45, 7) is 17.4. The van der Waals surface area contributed by atoms with Crippen LogP contribution < -0.4 is 9.47 Å². The number of carbonyl (C=O) groups is 1. The van der Waals surface area contributed by atoms with E-state index >= 15 is 0 Å². The average Bonchev–Trinajstić information content (AvgIpc) is 3.27. The van der Waals surface area contributed by atoms with Gasteiger partial charge in [0.05, 0.1) is 19.8 Å². The number of esters is 1. The van der Waals surface area contributed by atoms with Crippen LogP contribution in [0.4, 0.5) is 0 Å². The summed E-state index contributed by atoms with van der Waals surface area (Å²) in [6.07, 6.45) is 0.422. The number of rotatable bonds is 10. The normalized spacial score (nSPS) is 21.7. The number of hydrogen-bond acceptors (Lipinski definition) is 8. The Balaban J connectivity index is 1.86. The van der Waals surface area contributed by atoms with Gasteiger partial charge in [0.2, 0.25) is 12.1 Å². The lowest BCUT2D eigenvalue weighted by Gasteiger charge is -2.40. The van der Waals surface area contributed by atoms with Crippen LogP contribution in [0.3, 0.4) is 0 Å². The molecule has 1 aliphatic carbocycles. The van der Waals surface area contributed by atoms with E-state index in [0.29, 0.717) is 30.9 Å². The summed E-state index contributed by atoms with van der Waals surface area (Å²) >= 11 is 0. The van der Waals surface area contributed by atoms with Crippen LogP contribution in [0.5, 0.6) is 11.5 Å². The summed E-state index contributed by atoms with van der Waals surface area (Å²) in [7, 11) is 4.44. The maximum Gasteiger partial charge on any atom is 0.341 e. The Hall–Kier alpha value is -2.43. The molecule has 8 nitrogen and oxygen atoms in total. The number of fused-ring (bicyclic) bond motifs is 2. The molecule has 0 spiro atoms. The Labute approximate surface area is 258 Å². The molecule has 1 fully saturated rings. The molecule has 1 heterocycles. The molecular formula is C34H50O8Si. The predicted molar refractivity (Wildman–Crippen MR) is 168 cm³/mol. The quantitative estimate of drug-likeness (QED) is 0.165. The molecule has 2 aromatic carbocycles. The van der Waals surface area contributed by atoms with E-state index in [2.05, 4.69) is 39.9 Å². The average molecular weight is 615 g/mol. The van der Waals surface area contributed by atoms with Gasteiger partial charge in [0.25, 0.3) is 0 Å². The highest BCUT2D eigenvalue weighted by molar-refractivity contribution is 6.74. The van der Waals surface area contributed by atoms with Crippen molar-refractivity contribution in [3.63, 3.8) is 0 Å². The predicted octanol–water partition coefficient (Wildman–Crippen LogP) is 6.74. The van der Waals surface area contributed by atoms with Gasteiger partial charge in [-0.1, -0.05) is 65.8 Å². The van der Waals surface area contributed by atoms with Crippen LogP contribution in [-0.2, 0) is 46.8 Å². The molecule has 43 heavy (non-hydrogen) atoms. The second kappa shape index (κ2) is 11.8. The number of hydrogen-bond donors (Lipinski definition) is 0. The molecule has 0 amide bonds. The highest BCUT2D eigenvalue weighted by Gasteiger charge is 2.55. The van der Waals surface area contributed by atoms with E-state index in [1.807, 2.05) is 45.0 Å². The van der Waals surface area contributed by atoms with Crippen molar-refractivity contribution in [1.29, 1.82) is 0 Å². The van der Waals surface area contributed by atoms with Crippen molar-refractivity contribution in [2.45, 2.75) is 96.6 Å². The smallest absolute Gasteiger partial charge is 0.341 e. The summed E-state index contributed by atoms with van der Waals surface area (Å²) in [5, 5.41) is 0.0279. The minimum Gasteiger partial charge on any atom is -0.496 e. The number of cyclic esters (lactones) is 1. The fourth-order valence-electron chi connectivity index (χ4n) is 5.82. The van der Waals surface area contributed by atoms with Gasteiger partial charge >= 0.3 is 5.97 Å². The number of carbonyl (C=O) groups excluding carboxylic acids is 1. The first-order chi connectivity index (χ1) is 20.0. The third kappa shape index (κ3) is 5.87. The van der Waals surface area contributed by atoms with Crippen LogP contribution in [0.1, 0.15) is 75.8 Å². The molecule has 0 radical (unpaired) electrons. The third-order valence-corrected chi connectivity index (χ3v) is 13.9. The first kappa shape index (κ1) is 33.5. The van der Waals surface area contributed by atoms with Crippen LogP contribution in [-0.4, -0.2) is 61.2 Å². The summed E-state index contributed by atoms with van der Waals surface area (Å²) in [5.74, 6) is -0.429. The molecule has 2 atom stereocenters. The lowest BCUT2D eigenvalue weighted by molar-refractivity contribution is -0.186. The zero-order chi connectivity index (χ0) is 32.0. The van der Waals surface area contributed by atoms with Gasteiger partial charge in [0, 0.05) is 62.2 Å². The zero-order valence-electron chi connectivity index (χ0n) is 28.1. The summed E-state index contributed by atoms with van der Waals surface area (Å²) < 4.78 is 43.6. The van der Waals surface area contributed by atoms with Crippen molar-refractivity contribution < 1.29 is 37.6 Å². The fourth-order valence-corrected chi connectivity index (χ4v) is 6.87. The van der Waals surface area contributed by atoms with E-state index < -0.39 is 37.4 Å². The summed E-state index contributed by atoms with van der Waals surface area (Å²) in [5.41, 5.74) is 2.62. The van der Waals surface area contributed by atoms with Crippen molar-refractivity contribution in [1.82, 2.24) is 0 Å². The van der Waals surface area contributed by atoms with Crippen molar-refractivity contribution in [3.8, 4) is 11.5 Å². The van der Waals surface area contributed by atoms with Crippen LogP contribution in [0, 0.1) is 5.41 Å². The Kier molecular flexibility index (Phi) is 9.20. The zero-order valence-corrected chi connectivity index (χ0v) is 29.1. The number of benzene rings is 2. The van der Waals surface area contributed by atoms with Crippen molar-refractivity contribution >= 4 is 14.3 Å². The van der Waals surface area contributed by atoms with Crippen molar-refractivity contribution in [2.75, 3.05) is 35.0 Å². The Morgan fingerprint density at radius 3 is 2.16 bits per heavy atom. The van der Waals surface area contributed by atoms with E-state index in [1.165, 1.54) is 0 Å². The third-order valence-electron chi connectivity index (χ3n) is 9.37. The standard InChI is InChI=1S/C34H50O8Si/c1-31(2,3)30-41-29(35)33(42-30,17-18-40-43(11,12)32(4,5)6)21-23-20-26(36-7)24-19-22-15-13-14-16-25(22)34(38-9,39-10)27(24)28(23)37-8/h13-16,20,30H,17-19,21H2,1-12H3/t30-,33-/m1/s1. The minimum absolute atomic E-state index is 0.0279. The Morgan fingerprint density at radius 1 is 0.977 bits per heavy atom. The topological polar surface area (TPSA) is 81.7 Å².